The van der Waals surface area contributed by atoms with Crippen molar-refractivity contribution in [3.05, 3.63) is 57.3 Å². The fourth-order valence-electron chi connectivity index (χ4n) is 3.06. The number of rotatable bonds is 6. The fourth-order valence-corrected chi connectivity index (χ4v) is 3.77. The second-order valence-corrected chi connectivity index (χ2v) is 7.06. The summed E-state index contributed by atoms with van der Waals surface area (Å²) in [6.45, 7) is 6.13. The van der Waals surface area contributed by atoms with Gasteiger partial charge < -0.3 is 5.73 Å². The van der Waals surface area contributed by atoms with Crippen LogP contribution in [0.2, 0.25) is 0 Å². The zero-order chi connectivity index (χ0) is 14.8. The lowest BCUT2D eigenvalue weighted by molar-refractivity contribution is 0.183. The predicted molar refractivity (Wildman–Crippen MR) is 90.6 cm³/mol. The van der Waals surface area contributed by atoms with Gasteiger partial charge in [-0.2, -0.15) is 0 Å². The lowest BCUT2D eigenvalue weighted by Gasteiger charge is -2.32. The summed E-state index contributed by atoms with van der Waals surface area (Å²) in [5.74, 6) is 0. The largest absolute Gasteiger partial charge is 0.329 e. The highest BCUT2D eigenvalue weighted by molar-refractivity contribution is 7.09. The second kappa shape index (κ2) is 6.30. The zero-order valence-electron chi connectivity index (χ0n) is 12.9. The molecule has 1 aliphatic carbocycles. The van der Waals surface area contributed by atoms with E-state index < -0.39 is 0 Å². The van der Waals surface area contributed by atoms with Gasteiger partial charge in [0.25, 0.3) is 0 Å². The molecule has 3 rings (SSSR count). The minimum Gasteiger partial charge on any atom is -0.329 e. The molecule has 0 aliphatic heterocycles. The van der Waals surface area contributed by atoms with Gasteiger partial charge in [0.2, 0.25) is 0 Å². The molecule has 1 aromatic heterocycles. The van der Waals surface area contributed by atoms with Gasteiger partial charge in [-0.05, 0) is 54.8 Å². The van der Waals surface area contributed by atoms with Crippen molar-refractivity contribution >= 4 is 11.3 Å². The third kappa shape index (κ3) is 3.20. The third-order valence-electron chi connectivity index (χ3n) is 4.56. The lowest BCUT2D eigenvalue weighted by Crippen LogP contribution is -2.35. The van der Waals surface area contributed by atoms with Crippen LogP contribution < -0.4 is 5.73 Å². The van der Waals surface area contributed by atoms with Crippen molar-refractivity contribution in [3.63, 3.8) is 0 Å². The van der Waals surface area contributed by atoms with E-state index in [-0.39, 0.29) is 0 Å². The van der Waals surface area contributed by atoms with Crippen molar-refractivity contribution in [2.75, 3.05) is 6.54 Å². The molecule has 0 saturated heterocycles. The summed E-state index contributed by atoms with van der Waals surface area (Å²) in [6.07, 6.45) is 2.62. The first-order chi connectivity index (χ1) is 10.2. The maximum absolute atomic E-state index is 6.18. The first-order valence-corrected chi connectivity index (χ1v) is 8.63. The molecule has 2 N–H and O–H groups in total. The molecule has 1 aromatic carbocycles. The van der Waals surface area contributed by atoms with Gasteiger partial charge in [-0.25, -0.2) is 0 Å². The highest BCUT2D eigenvalue weighted by atomic mass is 32.1. The van der Waals surface area contributed by atoms with Crippen molar-refractivity contribution < 1.29 is 0 Å². The Balaban J connectivity index is 1.90. The molecule has 2 nitrogen and oxygen atoms in total. The average Bonchev–Trinajstić information content (AvgIpc) is 3.20. The lowest BCUT2D eigenvalue weighted by atomic mass is 9.96. The second-order valence-electron chi connectivity index (χ2n) is 6.02. The monoisotopic (exact) mass is 300 g/mol. The Morgan fingerprint density at radius 2 is 2.05 bits per heavy atom. The summed E-state index contributed by atoms with van der Waals surface area (Å²) in [5.41, 5.74) is 10.3. The Morgan fingerprint density at radius 1 is 1.24 bits per heavy atom. The van der Waals surface area contributed by atoms with Gasteiger partial charge in [0.05, 0.1) is 0 Å². The van der Waals surface area contributed by atoms with Crippen molar-refractivity contribution in [1.82, 2.24) is 4.90 Å². The van der Waals surface area contributed by atoms with E-state index in [1.807, 2.05) is 11.3 Å². The fraction of sp³-hybridized carbons (Fsp3) is 0.444. The Labute approximate surface area is 131 Å². The highest BCUT2D eigenvalue weighted by Gasteiger charge is 2.34. The van der Waals surface area contributed by atoms with Crippen LogP contribution in [-0.4, -0.2) is 17.5 Å². The molecule has 1 aliphatic rings. The number of hydrogen-bond acceptors (Lipinski definition) is 3. The molecule has 1 fully saturated rings. The molecule has 3 heteroatoms. The minimum atomic E-state index is 0.333. The summed E-state index contributed by atoms with van der Waals surface area (Å²) in [4.78, 5) is 4.05. The van der Waals surface area contributed by atoms with Gasteiger partial charge in [0.1, 0.15) is 0 Å². The van der Waals surface area contributed by atoms with Crippen LogP contribution in [0.1, 0.15) is 40.5 Å². The topological polar surface area (TPSA) is 29.3 Å². The standard InChI is InChI=1S/C18H24N2S/c1-13-5-3-7-17(14(13)2)18(11-19)20(15-8-9-15)12-16-6-4-10-21-16/h3-7,10,15,18H,8-9,11-12,19H2,1-2H3. The average molecular weight is 300 g/mol. The molecule has 0 amide bonds. The number of nitrogens with two attached hydrogens (primary N) is 1. The van der Waals surface area contributed by atoms with E-state index in [1.54, 1.807) is 0 Å². The predicted octanol–water partition coefficient (Wildman–Crippen LogP) is 4.03. The summed E-state index contributed by atoms with van der Waals surface area (Å²) >= 11 is 1.84. The molecule has 21 heavy (non-hydrogen) atoms. The van der Waals surface area contributed by atoms with E-state index in [4.69, 9.17) is 5.73 Å². The third-order valence-corrected chi connectivity index (χ3v) is 5.42. The minimum absolute atomic E-state index is 0.333. The quantitative estimate of drug-likeness (QED) is 0.872. The Hall–Kier alpha value is -1.16. The number of thiophene rings is 1. The van der Waals surface area contributed by atoms with Crippen LogP contribution in [0.3, 0.4) is 0 Å². The maximum Gasteiger partial charge on any atom is 0.0479 e. The first kappa shape index (κ1) is 14.8. The Kier molecular flexibility index (Phi) is 4.43. The zero-order valence-corrected chi connectivity index (χ0v) is 13.7. The summed E-state index contributed by atoms with van der Waals surface area (Å²) in [5, 5.41) is 2.16. The van der Waals surface area contributed by atoms with Crippen molar-refractivity contribution in [2.45, 2.75) is 45.3 Å². The van der Waals surface area contributed by atoms with Crippen LogP contribution in [0.15, 0.2) is 35.7 Å². The van der Waals surface area contributed by atoms with Crippen LogP contribution in [0, 0.1) is 13.8 Å². The van der Waals surface area contributed by atoms with Crippen molar-refractivity contribution in [3.8, 4) is 0 Å². The molecule has 112 valence electrons. The van der Waals surface area contributed by atoms with Gasteiger partial charge in [-0.3, -0.25) is 4.90 Å². The van der Waals surface area contributed by atoms with E-state index in [0.717, 1.165) is 6.54 Å². The van der Waals surface area contributed by atoms with Crippen molar-refractivity contribution in [2.24, 2.45) is 5.73 Å². The molecule has 1 unspecified atom stereocenters. The Morgan fingerprint density at radius 3 is 2.67 bits per heavy atom. The number of hydrogen-bond donors (Lipinski definition) is 1. The first-order valence-electron chi connectivity index (χ1n) is 7.75. The molecule has 1 saturated carbocycles. The normalized spacial score (nSPS) is 16.4. The van der Waals surface area contributed by atoms with Crippen LogP contribution in [0.4, 0.5) is 0 Å². The van der Waals surface area contributed by atoms with Crippen LogP contribution in [0.5, 0.6) is 0 Å². The van der Waals surface area contributed by atoms with Gasteiger partial charge in [-0.1, -0.05) is 24.3 Å². The van der Waals surface area contributed by atoms with Crippen molar-refractivity contribution in [1.29, 1.82) is 0 Å². The molecule has 2 aromatic rings. The summed E-state index contributed by atoms with van der Waals surface area (Å²) < 4.78 is 0. The molecule has 1 atom stereocenters. The molecule has 0 bridgehead atoms. The number of nitrogens with zero attached hydrogens (tertiary/aromatic N) is 1. The SMILES string of the molecule is Cc1cccc(C(CN)N(Cc2cccs2)C2CC2)c1C. The van der Waals surface area contributed by atoms with Crippen LogP contribution in [-0.2, 0) is 6.54 Å². The summed E-state index contributed by atoms with van der Waals surface area (Å²) in [7, 11) is 0. The number of aryl methyl sites for hydroxylation is 1. The molecular weight excluding hydrogens is 276 g/mol. The van der Waals surface area contributed by atoms with Gasteiger partial charge >= 0.3 is 0 Å². The van der Waals surface area contributed by atoms with E-state index >= 15 is 0 Å². The smallest absolute Gasteiger partial charge is 0.0479 e. The van der Waals surface area contributed by atoms with Gasteiger partial charge in [-0.15, -0.1) is 11.3 Å². The van der Waals surface area contributed by atoms with E-state index in [1.165, 1.54) is 34.4 Å². The number of benzene rings is 1. The molecular formula is C18H24N2S. The van der Waals surface area contributed by atoms with E-state index in [2.05, 4.69) is 54.5 Å². The van der Waals surface area contributed by atoms with Gasteiger partial charge in [0.15, 0.2) is 0 Å². The van der Waals surface area contributed by atoms with Crippen LogP contribution >= 0.6 is 11.3 Å². The molecule has 0 radical (unpaired) electrons. The maximum atomic E-state index is 6.18. The van der Waals surface area contributed by atoms with E-state index in [9.17, 15) is 0 Å². The summed E-state index contributed by atoms with van der Waals surface area (Å²) in [6, 6.07) is 12.0. The van der Waals surface area contributed by atoms with Crippen LogP contribution in [0.25, 0.3) is 0 Å². The van der Waals surface area contributed by atoms with Gasteiger partial charge in [0, 0.05) is 30.1 Å². The Bertz CT molecular complexity index is 587. The molecule has 0 spiro atoms. The highest BCUT2D eigenvalue weighted by Crippen LogP contribution is 2.37. The van der Waals surface area contributed by atoms with E-state index in [0.29, 0.717) is 18.6 Å². The molecule has 1 heterocycles.